The average Bonchev–Trinajstić information content (AvgIpc) is 2.30. The quantitative estimate of drug-likeness (QED) is 0.574. The van der Waals surface area contributed by atoms with Crippen LogP contribution in [0.3, 0.4) is 0 Å². The van der Waals surface area contributed by atoms with E-state index in [1.807, 2.05) is 0 Å². The fraction of sp³-hybridized carbons (Fsp3) is 0.273. The third-order valence-corrected chi connectivity index (χ3v) is 2.07. The molecule has 1 aromatic rings. The summed E-state index contributed by atoms with van der Waals surface area (Å²) in [7, 11) is 1.19. The number of aromatic nitrogens is 1. The maximum Gasteiger partial charge on any atom is 0.360 e. The standard InChI is InChI=1S/C11H11NO5/c1-6-8(5-13)4-12-9(11(15)16-3)10(6)17-7(2)14/h4-5H,1-3H3. The van der Waals surface area contributed by atoms with E-state index in [1.165, 1.54) is 20.2 Å². The van der Waals surface area contributed by atoms with Gasteiger partial charge in [0.15, 0.2) is 17.7 Å². The molecule has 1 aromatic heterocycles. The number of pyridine rings is 1. The first kappa shape index (κ1) is 12.8. The summed E-state index contributed by atoms with van der Waals surface area (Å²) in [5.41, 5.74) is 0.477. The van der Waals surface area contributed by atoms with Crippen LogP contribution in [0.1, 0.15) is 33.3 Å². The number of ether oxygens (including phenoxy) is 2. The largest absolute Gasteiger partial charge is 0.464 e. The molecule has 0 spiro atoms. The first-order chi connectivity index (χ1) is 8.01. The number of esters is 2. The Morgan fingerprint density at radius 2 is 2.06 bits per heavy atom. The van der Waals surface area contributed by atoms with Crippen molar-refractivity contribution in [3.8, 4) is 5.75 Å². The molecular weight excluding hydrogens is 226 g/mol. The molecule has 0 unspecified atom stereocenters. The monoisotopic (exact) mass is 237 g/mol. The number of hydrogen-bond donors (Lipinski definition) is 0. The Hall–Kier alpha value is -2.24. The Kier molecular flexibility index (Phi) is 3.92. The Morgan fingerprint density at radius 1 is 1.41 bits per heavy atom. The number of aldehydes is 1. The van der Waals surface area contributed by atoms with Crippen molar-refractivity contribution in [3.63, 3.8) is 0 Å². The minimum Gasteiger partial charge on any atom is -0.464 e. The topological polar surface area (TPSA) is 82.6 Å². The van der Waals surface area contributed by atoms with Crippen LogP contribution in [0.4, 0.5) is 0 Å². The smallest absolute Gasteiger partial charge is 0.360 e. The third kappa shape index (κ3) is 2.66. The van der Waals surface area contributed by atoms with E-state index in [4.69, 9.17) is 4.74 Å². The molecule has 0 saturated carbocycles. The molecule has 0 radical (unpaired) electrons. The predicted molar refractivity (Wildman–Crippen MR) is 57.0 cm³/mol. The van der Waals surface area contributed by atoms with Crippen LogP contribution in [0.25, 0.3) is 0 Å². The zero-order chi connectivity index (χ0) is 13.0. The molecule has 17 heavy (non-hydrogen) atoms. The lowest BCUT2D eigenvalue weighted by Gasteiger charge is -2.10. The van der Waals surface area contributed by atoms with Crippen molar-refractivity contribution in [2.45, 2.75) is 13.8 Å². The minimum atomic E-state index is -0.734. The van der Waals surface area contributed by atoms with E-state index in [9.17, 15) is 14.4 Å². The summed E-state index contributed by atoms with van der Waals surface area (Å²) in [5, 5.41) is 0. The van der Waals surface area contributed by atoms with Crippen molar-refractivity contribution in [3.05, 3.63) is 23.0 Å². The molecular formula is C11H11NO5. The van der Waals surface area contributed by atoms with Gasteiger partial charge in [-0.3, -0.25) is 9.59 Å². The van der Waals surface area contributed by atoms with Gasteiger partial charge in [-0.25, -0.2) is 9.78 Å². The van der Waals surface area contributed by atoms with E-state index >= 15 is 0 Å². The SMILES string of the molecule is COC(=O)c1ncc(C=O)c(C)c1OC(C)=O. The van der Waals surface area contributed by atoms with Gasteiger partial charge in [-0.15, -0.1) is 0 Å². The van der Waals surface area contributed by atoms with Gasteiger partial charge in [0, 0.05) is 24.2 Å². The van der Waals surface area contributed by atoms with Crippen molar-refractivity contribution < 1.29 is 23.9 Å². The van der Waals surface area contributed by atoms with Crippen LogP contribution in [0.2, 0.25) is 0 Å². The zero-order valence-corrected chi connectivity index (χ0v) is 9.64. The van der Waals surface area contributed by atoms with E-state index in [-0.39, 0.29) is 17.0 Å². The Morgan fingerprint density at radius 3 is 2.53 bits per heavy atom. The number of rotatable bonds is 3. The molecule has 0 aliphatic rings. The molecule has 1 heterocycles. The fourth-order valence-electron chi connectivity index (χ4n) is 1.23. The third-order valence-electron chi connectivity index (χ3n) is 2.07. The summed E-state index contributed by atoms with van der Waals surface area (Å²) in [5.74, 6) is -1.39. The fourth-order valence-corrected chi connectivity index (χ4v) is 1.23. The number of nitrogens with zero attached hydrogens (tertiary/aromatic N) is 1. The van der Waals surface area contributed by atoms with Crippen molar-refractivity contribution in [2.24, 2.45) is 0 Å². The predicted octanol–water partition coefficient (Wildman–Crippen LogP) is 0.914. The minimum absolute atomic E-state index is 0.0473. The van der Waals surface area contributed by atoms with Gasteiger partial charge < -0.3 is 9.47 Å². The maximum absolute atomic E-state index is 11.4. The van der Waals surface area contributed by atoms with Crippen LogP contribution in [0.15, 0.2) is 6.20 Å². The van der Waals surface area contributed by atoms with Crippen molar-refractivity contribution in [1.82, 2.24) is 4.98 Å². The molecule has 0 fully saturated rings. The van der Waals surface area contributed by atoms with Gasteiger partial charge in [-0.2, -0.15) is 0 Å². The Bertz CT molecular complexity index is 481. The Labute approximate surface area is 97.6 Å². The molecule has 0 N–H and O–H groups in total. The van der Waals surface area contributed by atoms with Crippen molar-refractivity contribution in [2.75, 3.05) is 7.11 Å². The molecule has 90 valence electrons. The van der Waals surface area contributed by atoms with Gasteiger partial charge in [0.2, 0.25) is 0 Å². The summed E-state index contributed by atoms with van der Waals surface area (Å²) in [6, 6.07) is 0. The highest BCUT2D eigenvalue weighted by atomic mass is 16.5. The van der Waals surface area contributed by atoms with Gasteiger partial charge in [-0.1, -0.05) is 0 Å². The van der Waals surface area contributed by atoms with Crippen molar-refractivity contribution in [1.29, 1.82) is 0 Å². The van der Waals surface area contributed by atoms with Gasteiger partial charge >= 0.3 is 11.9 Å². The van der Waals surface area contributed by atoms with Crippen LogP contribution in [0.5, 0.6) is 5.75 Å². The second-order valence-electron chi connectivity index (χ2n) is 3.22. The lowest BCUT2D eigenvalue weighted by atomic mass is 10.1. The van der Waals surface area contributed by atoms with Crippen LogP contribution in [-0.4, -0.2) is 30.3 Å². The molecule has 0 aliphatic carbocycles. The second-order valence-corrected chi connectivity index (χ2v) is 3.22. The number of methoxy groups -OCH3 is 1. The van der Waals surface area contributed by atoms with Crippen LogP contribution >= 0.6 is 0 Å². The van der Waals surface area contributed by atoms with E-state index in [2.05, 4.69) is 9.72 Å². The summed E-state index contributed by atoms with van der Waals surface area (Å²) in [4.78, 5) is 36.8. The molecule has 6 heteroatoms. The zero-order valence-electron chi connectivity index (χ0n) is 9.64. The van der Waals surface area contributed by atoms with Gasteiger partial charge in [0.05, 0.1) is 7.11 Å². The van der Waals surface area contributed by atoms with Gasteiger partial charge in [0.25, 0.3) is 0 Å². The van der Waals surface area contributed by atoms with Gasteiger partial charge in [-0.05, 0) is 6.92 Å². The molecule has 6 nitrogen and oxygen atoms in total. The highest BCUT2D eigenvalue weighted by molar-refractivity contribution is 5.93. The van der Waals surface area contributed by atoms with Crippen LogP contribution in [-0.2, 0) is 9.53 Å². The van der Waals surface area contributed by atoms with Crippen LogP contribution in [0, 0.1) is 6.92 Å². The molecule has 1 rings (SSSR count). The normalized spacial score (nSPS) is 9.59. The highest BCUT2D eigenvalue weighted by Crippen LogP contribution is 2.24. The summed E-state index contributed by atoms with van der Waals surface area (Å²) >= 11 is 0. The maximum atomic E-state index is 11.4. The summed E-state index contributed by atoms with van der Waals surface area (Å²) in [6.45, 7) is 2.74. The molecule has 0 aliphatic heterocycles. The lowest BCUT2D eigenvalue weighted by Crippen LogP contribution is -2.13. The van der Waals surface area contributed by atoms with Crippen LogP contribution < -0.4 is 4.74 Å². The molecule has 0 atom stereocenters. The highest BCUT2D eigenvalue weighted by Gasteiger charge is 2.20. The number of carbonyl (C=O) groups excluding carboxylic acids is 3. The number of hydrogen-bond acceptors (Lipinski definition) is 6. The average molecular weight is 237 g/mol. The first-order valence-electron chi connectivity index (χ1n) is 4.72. The molecule has 0 aromatic carbocycles. The van der Waals surface area contributed by atoms with E-state index < -0.39 is 11.9 Å². The second kappa shape index (κ2) is 5.20. The molecule has 0 saturated heterocycles. The van der Waals surface area contributed by atoms with E-state index in [0.29, 0.717) is 11.8 Å². The van der Waals surface area contributed by atoms with Gasteiger partial charge in [0.1, 0.15) is 0 Å². The number of carbonyl (C=O) groups is 3. The summed E-state index contributed by atoms with van der Waals surface area (Å²) < 4.78 is 9.39. The van der Waals surface area contributed by atoms with E-state index in [0.717, 1.165) is 0 Å². The van der Waals surface area contributed by atoms with Crippen molar-refractivity contribution >= 4 is 18.2 Å². The molecule has 0 amide bonds. The molecule has 0 bridgehead atoms. The lowest BCUT2D eigenvalue weighted by molar-refractivity contribution is -0.131. The Balaban J connectivity index is 3.39. The summed E-state index contributed by atoms with van der Waals surface area (Å²) in [6.07, 6.45) is 1.79. The first-order valence-corrected chi connectivity index (χ1v) is 4.72. The van der Waals surface area contributed by atoms with E-state index in [1.54, 1.807) is 6.92 Å².